The first-order valence-electron chi connectivity index (χ1n) is 6.51. The molecule has 1 saturated heterocycles. The molecule has 0 unspecified atom stereocenters. The summed E-state index contributed by atoms with van der Waals surface area (Å²) < 4.78 is 0.733. The van der Waals surface area contributed by atoms with Crippen LogP contribution in [0.3, 0.4) is 0 Å². The first-order chi connectivity index (χ1) is 9.69. The number of carbonyl (C=O) groups excluding carboxylic acids is 1. The molecule has 20 heavy (non-hydrogen) atoms. The van der Waals surface area contributed by atoms with E-state index in [1.807, 2.05) is 0 Å². The highest BCUT2D eigenvalue weighted by Crippen LogP contribution is 2.24. The minimum Gasteiger partial charge on any atom is -0.324 e. The largest absolute Gasteiger partial charge is 0.324 e. The van der Waals surface area contributed by atoms with Crippen molar-refractivity contribution in [3.8, 4) is 6.07 Å². The van der Waals surface area contributed by atoms with Crippen molar-refractivity contribution in [2.75, 3.05) is 24.2 Å². The maximum Gasteiger partial charge on any atom is 0.234 e. The third-order valence-corrected chi connectivity index (χ3v) is 5.14. The van der Waals surface area contributed by atoms with Crippen LogP contribution in [0.2, 0.25) is 0 Å². The molecule has 2 rings (SSSR count). The zero-order valence-electron chi connectivity index (χ0n) is 11.0. The van der Waals surface area contributed by atoms with Gasteiger partial charge in [-0.05, 0) is 60.1 Å². The number of amides is 1. The lowest BCUT2D eigenvalue weighted by molar-refractivity contribution is -0.113. The fourth-order valence-corrected chi connectivity index (χ4v) is 3.53. The predicted molar refractivity (Wildman–Crippen MR) is 85.8 cm³/mol. The number of thioether (sulfide) groups is 1. The standard InChI is InChI=1S/C14H16BrN3OS/c15-12-7-10(8-16)1-2-13(12)18-14(19)9-20-11-3-5-17-6-4-11/h1-2,7,11,17H,3-6,9H2,(H,18,19). The molecule has 1 aliphatic heterocycles. The molecule has 1 aromatic rings. The van der Waals surface area contributed by atoms with Gasteiger partial charge < -0.3 is 10.6 Å². The Morgan fingerprint density at radius 1 is 1.50 bits per heavy atom. The van der Waals surface area contributed by atoms with Gasteiger partial charge in [0.05, 0.1) is 23.1 Å². The van der Waals surface area contributed by atoms with Crippen molar-refractivity contribution in [2.45, 2.75) is 18.1 Å². The van der Waals surface area contributed by atoms with Gasteiger partial charge in [-0.25, -0.2) is 0 Å². The number of anilines is 1. The lowest BCUT2D eigenvalue weighted by Gasteiger charge is -2.21. The van der Waals surface area contributed by atoms with Crippen molar-refractivity contribution in [2.24, 2.45) is 0 Å². The third-order valence-electron chi connectivity index (χ3n) is 3.11. The summed E-state index contributed by atoms with van der Waals surface area (Å²) in [6, 6.07) is 7.21. The van der Waals surface area contributed by atoms with Gasteiger partial charge in [0.25, 0.3) is 0 Å². The second-order valence-electron chi connectivity index (χ2n) is 4.61. The van der Waals surface area contributed by atoms with Crippen molar-refractivity contribution in [3.05, 3.63) is 28.2 Å². The second-order valence-corrected chi connectivity index (χ2v) is 6.76. The van der Waals surface area contributed by atoms with Crippen LogP contribution in [-0.4, -0.2) is 30.0 Å². The number of nitrogens with one attached hydrogen (secondary N) is 2. The average Bonchev–Trinajstić information content (AvgIpc) is 2.48. The van der Waals surface area contributed by atoms with Gasteiger partial charge >= 0.3 is 0 Å². The molecule has 1 fully saturated rings. The molecule has 4 nitrogen and oxygen atoms in total. The Balaban J connectivity index is 1.83. The van der Waals surface area contributed by atoms with E-state index in [1.165, 1.54) is 0 Å². The monoisotopic (exact) mass is 353 g/mol. The molecular formula is C14H16BrN3OS. The van der Waals surface area contributed by atoms with Crippen LogP contribution < -0.4 is 10.6 Å². The Morgan fingerprint density at radius 2 is 2.25 bits per heavy atom. The Morgan fingerprint density at radius 3 is 2.90 bits per heavy atom. The van der Waals surface area contributed by atoms with E-state index in [0.29, 0.717) is 22.3 Å². The van der Waals surface area contributed by atoms with Gasteiger partial charge in [-0.15, -0.1) is 11.8 Å². The van der Waals surface area contributed by atoms with E-state index in [4.69, 9.17) is 5.26 Å². The Bertz CT molecular complexity index is 524. The average molecular weight is 354 g/mol. The molecule has 0 spiro atoms. The fraction of sp³-hybridized carbons (Fsp3) is 0.429. The third kappa shape index (κ3) is 4.51. The lowest BCUT2D eigenvalue weighted by atomic mass is 10.2. The highest BCUT2D eigenvalue weighted by molar-refractivity contribution is 9.10. The summed E-state index contributed by atoms with van der Waals surface area (Å²) in [5.41, 5.74) is 1.28. The number of benzene rings is 1. The van der Waals surface area contributed by atoms with Crippen molar-refractivity contribution >= 4 is 39.3 Å². The SMILES string of the molecule is N#Cc1ccc(NC(=O)CSC2CCNCC2)c(Br)c1. The Labute approximate surface area is 131 Å². The first kappa shape index (κ1) is 15.4. The number of carbonyl (C=O) groups is 1. The van der Waals surface area contributed by atoms with E-state index < -0.39 is 0 Å². The van der Waals surface area contributed by atoms with Gasteiger partial charge in [0.2, 0.25) is 5.91 Å². The minimum atomic E-state index is -0.000981. The quantitative estimate of drug-likeness (QED) is 0.873. The zero-order chi connectivity index (χ0) is 14.4. The van der Waals surface area contributed by atoms with E-state index in [9.17, 15) is 4.79 Å². The van der Waals surface area contributed by atoms with Crippen molar-refractivity contribution in [3.63, 3.8) is 0 Å². The molecule has 0 bridgehead atoms. The Hall–Kier alpha value is -1.03. The number of nitrogens with zero attached hydrogens (tertiary/aromatic N) is 1. The lowest BCUT2D eigenvalue weighted by Crippen LogP contribution is -2.30. The zero-order valence-corrected chi connectivity index (χ0v) is 13.4. The molecule has 0 aliphatic carbocycles. The molecule has 6 heteroatoms. The predicted octanol–water partition coefficient (Wildman–Crippen LogP) is 2.74. The van der Waals surface area contributed by atoms with E-state index in [-0.39, 0.29) is 5.91 Å². The normalized spacial score (nSPS) is 15.6. The summed E-state index contributed by atoms with van der Waals surface area (Å²) >= 11 is 5.08. The summed E-state index contributed by atoms with van der Waals surface area (Å²) in [5, 5.41) is 15.6. The maximum atomic E-state index is 11.9. The number of rotatable bonds is 4. The van der Waals surface area contributed by atoms with E-state index >= 15 is 0 Å². The molecule has 106 valence electrons. The summed E-state index contributed by atoms with van der Waals surface area (Å²) in [7, 11) is 0. The summed E-state index contributed by atoms with van der Waals surface area (Å²) in [5.74, 6) is 0.468. The van der Waals surface area contributed by atoms with Gasteiger partial charge in [0.15, 0.2) is 0 Å². The molecule has 1 heterocycles. The topological polar surface area (TPSA) is 64.9 Å². The van der Waals surface area contributed by atoms with E-state index in [0.717, 1.165) is 30.4 Å². The molecule has 0 radical (unpaired) electrons. The number of piperidine rings is 1. The van der Waals surface area contributed by atoms with Crippen LogP contribution in [0.25, 0.3) is 0 Å². The highest BCUT2D eigenvalue weighted by Gasteiger charge is 2.15. The van der Waals surface area contributed by atoms with Crippen LogP contribution >= 0.6 is 27.7 Å². The molecule has 0 aromatic heterocycles. The second kappa shape index (κ2) is 7.67. The molecule has 1 amide bonds. The van der Waals surface area contributed by atoms with Crippen LogP contribution in [0.15, 0.2) is 22.7 Å². The fourth-order valence-electron chi connectivity index (χ4n) is 2.03. The number of hydrogen-bond acceptors (Lipinski definition) is 4. The van der Waals surface area contributed by atoms with Crippen LogP contribution in [0, 0.1) is 11.3 Å². The molecule has 1 aromatic carbocycles. The number of hydrogen-bond donors (Lipinski definition) is 2. The van der Waals surface area contributed by atoms with E-state index in [2.05, 4.69) is 32.6 Å². The van der Waals surface area contributed by atoms with E-state index in [1.54, 1.807) is 30.0 Å². The van der Waals surface area contributed by atoms with Gasteiger partial charge in [0.1, 0.15) is 0 Å². The van der Waals surface area contributed by atoms with Crippen LogP contribution in [0.4, 0.5) is 5.69 Å². The van der Waals surface area contributed by atoms with Gasteiger partial charge in [-0.3, -0.25) is 4.79 Å². The van der Waals surface area contributed by atoms with Crippen LogP contribution in [-0.2, 0) is 4.79 Å². The van der Waals surface area contributed by atoms with Crippen LogP contribution in [0.5, 0.6) is 0 Å². The first-order valence-corrected chi connectivity index (χ1v) is 8.35. The van der Waals surface area contributed by atoms with Crippen molar-refractivity contribution < 1.29 is 4.79 Å². The number of halogens is 1. The van der Waals surface area contributed by atoms with Gasteiger partial charge in [0, 0.05) is 9.72 Å². The summed E-state index contributed by atoms with van der Waals surface area (Å²) in [6.07, 6.45) is 2.25. The van der Waals surface area contributed by atoms with Crippen molar-refractivity contribution in [1.82, 2.24) is 5.32 Å². The smallest absolute Gasteiger partial charge is 0.234 e. The highest BCUT2D eigenvalue weighted by atomic mass is 79.9. The summed E-state index contributed by atoms with van der Waals surface area (Å²) in [6.45, 7) is 2.08. The van der Waals surface area contributed by atoms with Crippen LogP contribution in [0.1, 0.15) is 18.4 Å². The molecular weight excluding hydrogens is 338 g/mol. The molecule has 0 atom stereocenters. The summed E-state index contributed by atoms with van der Waals surface area (Å²) in [4.78, 5) is 11.9. The Kier molecular flexibility index (Phi) is 5.89. The molecule has 0 saturated carbocycles. The van der Waals surface area contributed by atoms with Crippen molar-refractivity contribution in [1.29, 1.82) is 5.26 Å². The number of nitriles is 1. The van der Waals surface area contributed by atoms with Gasteiger partial charge in [-0.1, -0.05) is 0 Å². The molecule has 1 aliphatic rings. The maximum absolute atomic E-state index is 11.9. The molecule has 2 N–H and O–H groups in total. The van der Waals surface area contributed by atoms with Gasteiger partial charge in [-0.2, -0.15) is 5.26 Å². The minimum absolute atomic E-state index is 0.000981.